The molecule has 2 fully saturated rings. The van der Waals surface area contributed by atoms with Gasteiger partial charge in [0.25, 0.3) is 0 Å². The average Bonchev–Trinajstić information content (AvgIpc) is 2.55. The van der Waals surface area contributed by atoms with Gasteiger partial charge >= 0.3 is 17.6 Å². The largest absolute Gasteiger partial charge is 0.460 e. The highest BCUT2D eigenvalue weighted by molar-refractivity contribution is 8.02. The number of halogens is 3. The Kier molecular flexibility index (Phi) is 4.04. The van der Waals surface area contributed by atoms with E-state index in [1.54, 1.807) is 13.8 Å². The van der Waals surface area contributed by atoms with Crippen LogP contribution in [0, 0.1) is 0 Å². The SMILES string of the molecule is CC1(C)S[C@@H]2C(=[N+]=[N-])C(=O)N2[C@H]1C(=O)OCC(Cl)(Cl)Cl. The van der Waals surface area contributed by atoms with Crippen LogP contribution in [0.15, 0.2) is 0 Å². The minimum Gasteiger partial charge on any atom is -0.460 e. The van der Waals surface area contributed by atoms with E-state index < -0.39 is 38.4 Å². The first kappa shape index (κ1) is 15.9. The Morgan fingerprint density at radius 3 is 2.65 bits per heavy atom. The third-order valence-corrected chi connectivity index (χ3v) is 4.83. The Morgan fingerprint density at radius 2 is 2.15 bits per heavy atom. The lowest BCUT2D eigenvalue weighted by atomic mass is 9.97. The van der Waals surface area contributed by atoms with Crippen LogP contribution in [0.25, 0.3) is 5.53 Å². The van der Waals surface area contributed by atoms with E-state index in [1.165, 1.54) is 16.7 Å². The topological polar surface area (TPSA) is 83.0 Å². The van der Waals surface area contributed by atoms with Crippen molar-refractivity contribution in [1.82, 2.24) is 4.90 Å². The molecule has 110 valence electrons. The molecule has 0 aromatic heterocycles. The highest BCUT2D eigenvalue weighted by Gasteiger charge is 2.67. The van der Waals surface area contributed by atoms with Crippen LogP contribution in [-0.4, -0.2) is 53.8 Å². The van der Waals surface area contributed by atoms with Crippen molar-refractivity contribution in [3.05, 3.63) is 5.53 Å². The zero-order valence-corrected chi connectivity index (χ0v) is 13.6. The third-order valence-electron chi connectivity index (χ3n) is 3.00. The molecule has 0 N–H and O–H groups in total. The number of ether oxygens (including phenoxy) is 1. The normalized spacial score (nSPS) is 27.8. The smallest absolute Gasteiger partial charge is 0.388 e. The van der Waals surface area contributed by atoms with Crippen molar-refractivity contribution in [3.8, 4) is 0 Å². The van der Waals surface area contributed by atoms with Crippen LogP contribution in [0.3, 0.4) is 0 Å². The molecular weight excluding hydrogens is 349 g/mol. The van der Waals surface area contributed by atoms with Gasteiger partial charge in [0.05, 0.1) is 0 Å². The van der Waals surface area contributed by atoms with E-state index in [4.69, 9.17) is 45.1 Å². The Hall–Kier alpha value is -0.460. The lowest BCUT2D eigenvalue weighted by molar-refractivity contribution is -0.157. The lowest BCUT2D eigenvalue weighted by Gasteiger charge is -2.33. The van der Waals surface area contributed by atoms with Gasteiger partial charge in [-0.3, -0.25) is 9.69 Å². The van der Waals surface area contributed by atoms with Crippen molar-refractivity contribution in [3.63, 3.8) is 0 Å². The Morgan fingerprint density at radius 1 is 1.55 bits per heavy atom. The Labute approximate surface area is 134 Å². The van der Waals surface area contributed by atoms with Gasteiger partial charge in [0, 0.05) is 4.75 Å². The highest BCUT2D eigenvalue weighted by Crippen LogP contribution is 2.49. The molecule has 2 aliphatic rings. The summed E-state index contributed by atoms with van der Waals surface area (Å²) in [5, 5.41) is -0.451. The number of nitrogens with zero attached hydrogens (tertiary/aromatic N) is 3. The molecule has 0 aromatic rings. The Bertz CT molecular complexity index is 528. The number of carbonyl (C=O) groups excluding carboxylic acids is 2. The zero-order chi connectivity index (χ0) is 15.3. The summed E-state index contributed by atoms with van der Waals surface area (Å²) in [7, 11) is 0. The maximum atomic E-state index is 12.1. The standard InChI is InChI=1S/C10H10Cl3N3O3S/c1-9(2)5(8(18)19-3-10(11,12)13)16-6(17)4(15-14)7(16)20-9/h5,7H,3H2,1-2H3/t5-,7+/m0/s1. The molecule has 2 rings (SSSR count). The van der Waals surface area contributed by atoms with Crippen molar-refractivity contribution in [2.45, 2.75) is 33.8 Å². The fourth-order valence-electron chi connectivity index (χ4n) is 2.18. The first-order valence-corrected chi connectivity index (χ1v) is 7.55. The second-order valence-electron chi connectivity index (χ2n) is 4.90. The number of hydrogen-bond acceptors (Lipinski definition) is 4. The van der Waals surface area contributed by atoms with E-state index in [-0.39, 0.29) is 5.71 Å². The summed E-state index contributed by atoms with van der Waals surface area (Å²) in [4.78, 5) is 28.2. The first-order chi connectivity index (χ1) is 9.08. The summed E-state index contributed by atoms with van der Waals surface area (Å²) in [5.41, 5.74) is 8.79. The molecule has 0 saturated carbocycles. The number of rotatable bonds is 2. The van der Waals surface area contributed by atoms with Crippen LogP contribution in [-0.2, 0) is 14.3 Å². The van der Waals surface area contributed by atoms with Gasteiger partial charge in [0.2, 0.25) is 3.79 Å². The maximum absolute atomic E-state index is 12.1. The molecule has 2 saturated heterocycles. The monoisotopic (exact) mass is 357 g/mol. The predicted octanol–water partition coefficient (Wildman–Crippen LogP) is 1.63. The average molecular weight is 359 g/mol. The van der Waals surface area contributed by atoms with Crippen molar-refractivity contribution < 1.29 is 19.1 Å². The predicted molar refractivity (Wildman–Crippen MR) is 76.0 cm³/mol. The van der Waals surface area contributed by atoms with Crippen LogP contribution < -0.4 is 0 Å². The quantitative estimate of drug-likeness (QED) is 0.247. The molecule has 0 aliphatic carbocycles. The fourth-order valence-corrected chi connectivity index (χ4v) is 3.85. The van der Waals surface area contributed by atoms with E-state index in [0.29, 0.717) is 0 Å². The van der Waals surface area contributed by atoms with E-state index in [2.05, 4.69) is 4.79 Å². The number of amides is 1. The summed E-state index contributed by atoms with van der Waals surface area (Å²) in [6.45, 7) is 3.18. The fraction of sp³-hybridized carbons (Fsp3) is 0.700. The minimum atomic E-state index is -1.71. The number of hydrogen-bond donors (Lipinski definition) is 0. The van der Waals surface area contributed by atoms with Gasteiger partial charge in [-0.25, -0.2) is 4.79 Å². The molecule has 2 heterocycles. The Balaban J connectivity index is 2.17. The molecule has 2 aliphatic heterocycles. The minimum absolute atomic E-state index is 0.0275. The van der Waals surface area contributed by atoms with Crippen LogP contribution >= 0.6 is 46.6 Å². The number of thioether (sulfide) groups is 1. The van der Waals surface area contributed by atoms with Gasteiger partial charge in [0.1, 0.15) is 12.6 Å². The molecule has 10 heteroatoms. The van der Waals surface area contributed by atoms with E-state index in [1.807, 2.05) is 0 Å². The van der Waals surface area contributed by atoms with Crippen LogP contribution in [0.2, 0.25) is 0 Å². The van der Waals surface area contributed by atoms with Crippen LogP contribution in [0.4, 0.5) is 0 Å². The number of fused-ring (bicyclic) bond motifs is 1. The van der Waals surface area contributed by atoms with Crippen molar-refractivity contribution in [1.29, 1.82) is 0 Å². The molecule has 0 bridgehead atoms. The van der Waals surface area contributed by atoms with E-state index in [9.17, 15) is 9.59 Å². The van der Waals surface area contributed by atoms with E-state index in [0.717, 1.165) is 0 Å². The van der Waals surface area contributed by atoms with Gasteiger partial charge < -0.3 is 10.3 Å². The van der Waals surface area contributed by atoms with E-state index >= 15 is 0 Å². The second-order valence-corrected chi connectivity index (χ2v) is 9.15. The van der Waals surface area contributed by atoms with Crippen molar-refractivity contribution >= 4 is 64.2 Å². The van der Waals surface area contributed by atoms with Gasteiger partial charge in [-0.2, -0.15) is 4.79 Å². The van der Waals surface area contributed by atoms with Crippen LogP contribution in [0.5, 0.6) is 0 Å². The number of β-lactam (4-membered cyclic amide) rings is 1. The summed E-state index contributed by atoms with van der Waals surface area (Å²) in [6.07, 6.45) is 0. The van der Waals surface area contributed by atoms with Gasteiger partial charge in [-0.1, -0.05) is 34.8 Å². The highest BCUT2D eigenvalue weighted by atomic mass is 35.6. The molecule has 0 spiro atoms. The first-order valence-electron chi connectivity index (χ1n) is 5.54. The zero-order valence-electron chi connectivity index (χ0n) is 10.5. The van der Waals surface area contributed by atoms with Gasteiger partial charge in [0.15, 0.2) is 5.37 Å². The molecule has 0 aromatic carbocycles. The van der Waals surface area contributed by atoms with Gasteiger partial charge in [-0.15, -0.1) is 11.8 Å². The summed E-state index contributed by atoms with van der Waals surface area (Å²) in [5.74, 6) is -1.15. The van der Waals surface area contributed by atoms with Crippen LogP contribution in [0.1, 0.15) is 13.8 Å². The van der Waals surface area contributed by atoms with Gasteiger partial charge in [-0.05, 0) is 13.8 Å². The third kappa shape index (κ3) is 2.65. The summed E-state index contributed by atoms with van der Waals surface area (Å²) < 4.78 is 2.65. The summed E-state index contributed by atoms with van der Waals surface area (Å²) >= 11 is 17.9. The second kappa shape index (κ2) is 5.07. The van der Waals surface area contributed by atoms with Crippen molar-refractivity contribution in [2.24, 2.45) is 0 Å². The number of alkyl halides is 3. The molecule has 0 radical (unpaired) electrons. The molecule has 0 unspecified atom stereocenters. The molecule has 1 amide bonds. The summed E-state index contributed by atoms with van der Waals surface area (Å²) in [6, 6.07) is -0.817. The number of carbonyl (C=O) groups is 2. The number of esters is 1. The molecule has 20 heavy (non-hydrogen) atoms. The lowest BCUT2D eigenvalue weighted by Crippen LogP contribution is -2.64. The van der Waals surface area contributed by atoms with Crippen molar-refractivity contribution in [2.75, 3.05) is 6.61 Å². The molecular formula is C10H10Cl3N3O3S. The molecule has 6 nitrogen and oxygen atoms in total. The molecule has 2 atom stereocenters. The maximum Gasteiger partial charge on any atom is 0.388 e.